The first kappa shape index (κ1) is 17.0. The van der Waals surface area contributed by atoms with Crippen LogP contribution in [0.4, 0.5) is 5.69 Å². The molecule has 2 N–H and O–H groups in total. The number of amides is 1. The van der Waals surface area contributed by atoms with Crippen molar-refractivity contribution in [2.75, 3.05) is 26.4 Å². The molecule has 0 spiro atoms. The van der Waals surface area contributed by atoms with E-state index in [9.17, 15) is 9.59 Å². The molecule has 0 radical (unpaired) electrons. The number of carbonyl (C=O) groups excluding carboxylic acids is 2. The van der Waals surface area contributed by atoms with Gasteiger partial charge in [-0.1, -0.05) is 19.1 Å². The van der Waals surface area contributed by atoms with Gasteiger partial charge in [0, 0.05) is 32.1 Å². The number of ether oxygens (including phenoxy) is 1. The molecule has 0 saturated heterocycles. The summed E-state index contributed by atoms with van der Waals surface area (Å²) in [6.45, 7) is 2.58. The molecule has 116 valence electrons. The van der Waals surface area contributed by atoms with E-state index in [2.05, 4.69) is 4.74 Å². The second kappa shape index (κ2) is 8.29. The van der Waals surface area contributed by atoms with Gasteiger partial charge in [0.2, 0.25) is 5.91 Å². The number of hydrogen-bond donors (Lipinski definition) is 1. The normalized spacial score (nSPS) is 11.8. The Morgan fingerprint density at radius 3 is 2.48 bits per heavy atom. The second-order valence-electron chi connectivity index (χ2n) is 5.27. The van der Waals surface area contributed by atoms with Crippen molar-refractivity contribution >= 4 is 17.6 Å². The number of hydrogen-bond acceptors (Lipinski definition) is 4. The number of nitrogen functional groups attached to an aromatic ring is 1. The highest BCUT2D eigenvalue weighted by Gasteiger charge is 2.15. The summed E-state index contributed by atoms with van der Waals surface area (Å²) < 4.78 is 4.57. The zero-order valence-electron chi connectivity index (χ0n) is 13.0. The molecule has 0 aliphatic carbocycles. The number of benzene rings is 1. The van der Waals surface area contributed by atoms with Crippen LogP contribution >= 0.6 is 0 Å². The third-order valence-electron chi connectivity index (χ3n) is 3.51. The average molecular weight is 292 g/mol. The lowest BCUT2D eigenvalue weighted by Crippen LogP contribution is -2.29. The fourth-order valence-electron chi connectivity index (χ4n) is 2.05. The van der Waals surface area contributed by atoms with Crippen LogP contribution in [-0.2, 0) is 14.3 Å². The minimum atomic E-state index is -0.244. The summed E-state index contributed by atoms with van der Waals surface area (Å²) in [5.41, 5.74) is 7.47. The highest BCUT2D eigenvalue weighted by molar-refractivity contribution is 5.77. The third-order valence-corrected chi connectivity index (χ3v) is 3.51. The molecule has 21 heavy (non-hydrogen) atoms. The Hall–Kier alpha value is -2.04. The molecule has 1 unspecified atom stereocenters. The van der Waals surface area contributed by atoms with Gasteiger partial charge in [-0.05, 0) is 30.0 Å². The van der Waals surface area contributed by atoms with Crippen LogP contribution in [0.15, 0.2) is 24.3 Å². The van der Waals surface area contributed by atoms with Crippen LogP contribution in [0.1, 0.15) is 37.7 Å². The van der Waals surface area contributed by atoms with E-state index in [1.54, 1.807) is 11.9 Å². The van der Waals surface area contributed by atoms with Crippen LogP contribution < -0.4 is 5.73 Å². The van der Waals surface area contributed by atoms with Crippen molar-refractivity contribution in [3.8, 4) is 0 Å². The molecule has 0 saturated carbocycles. The molecular formula is C16H24N2O3. The van der Waals surface area contributed by atoms with E-state index in [1.165, 1.54) is 7.11 Å². The van der Waals surface area contributed by atoms with Crippen molar-refractivity contribution in [1.82, 2.24) is 4.90 Å². The quantitative estimate of drug-likeness (QED) is 0.617. The Morgan fingerprint density at radius 2 is 1.90 bits per heavy atom. The van der Waals surface area contributed by atoms with Gasteiger partial charge in [0.1, 0.15) is 0 Å². The maximum Gasteiger partial charge on any atom is 0.305 e. The number of methoxy groups -OCH3 is 1. The summed E-state index contributed by atoms with van der Waals surface area (Å²) in [4.78, 5) is 24.8. The monoisotopic (exact) mass is 292 g/mol. The SMILES string of the molecule is COC(=O)CCCN(C)C(=O)CC(C)c1ccc(N)cc1. The number of nitrogens with zero attached hydrogens (tertiary/aromatic N) is 1. The number of carbonyl (C=O) groups is 2. The number of esters is 1. The Labute approximate surface area is 126 Å². The molecule has 0 fully saturated rings. The van der Waals surface area contributed by atoms with Crippen molar-refractivity contribution in [1.29, 1.82) is 0 Å². The van der Waals surface area contributed by atoms with Crippen LogP contribution in [-0.4, -0.2) is 37.5 Å². The standard InChI is InChI=1S/C16H24N2O3/c1-12(13-6-8-14(17)9-7-13)11-15(19)18(2)10-4-5-16(20)21-3/h6-9,12H,4-5,10-11,17H2,1-3H3. The first-order chi connectivity index (χ1) is 9.93. The van der Waals surface area contributed by atoms with Crippen LogP contribution in [0.2, 0.25) is 0 Å². The van der Waals surface area contributed by atoms with Gasteiger partial charge in [-0.15, -0.1) is 0 Å². The van der Waals surface area contributed by atoms with E-state index in [-0.39, 0.29) is 17.8 Å². The Morgan fingerprint density at radius 1 is 1.29 bits per heavy atom. The summed E-state index contributed by atoms with van der Waals surface area (Å²) >= 11 is 0. The first-order valence-corrected chi connectivity index (χ1v) is 7.10. The molecule has 1 amide bonds. The van der Waals surface area contributed by atoms with E-state index in [1.807, 2.05) is 31.2 Å². The largest absolute Gasteiger partial charge is 0.469 e. The van der Waals surface area contributed by atoms with Crippen molar-refractivity contribution in [2.45, 2.75) is 32.1 Å². The molecule has 5 heteroatoms. The summed E-state index contributed by atoms with van der Waals surface area (Å²) in [6.07, 6.45) is 1.39. The van der Waals surface area contributed by atoms with E-state index >= 15 is 0 Å². The lowest BCUT2D eigenvalue weighted by Gasteiger charge is -2.19. The Balaban J connectivity index is 2.40. The molecule has 0 aliphatic heterocycles. The highest BCUT2D eigenvalue weighted by Crippen LogP contribution is 2.20. The predicted octanol–water partition coefficient (Wildman–Crippen LogP) is 2.17. The van der Waals surface area contributed by atoms with Gasteiger partial charge in [0.15, 0.2) is 0 Å². The third kappa shape index (κ3) is 5.85. The van der Waals surface area contributed by atoms with Crippen LogP contribution in [0.5, 0.6) is 0 Å². The average Bonchev–Trinajstić information content (AvgIpc) is 2.47. The molecule has 0 heterocycles. The molecule has 0 aliphatic rings. The Bertz CT molecular complexity index is 471. The Kier molecular flexibility index (Phi) is 6.72. The summed E-state index contributed by atoms with van der Waals surface area (Å²) in [5.74, 6) is -0.0311. The zero-order chi connectivity index (χ0) is 15.8. The fraction of sp³-hybridized carbons (Fsp3) is 0.500. The van der Waals surface area contributed by atoms with Gasteiger partial charge >= 0.3 is 5.97 Å². The van der Waals surface area contributed by atoms with Gasteiger partial charge in [0.25, 0.3) is 0 Å². The van der Waals surface area contributed by atoms with Gasteiger partial charge in [-0.25, -0.2) is 0 Å². The number of anilines is 1. The van der Waals surface area contributed by atoms with Crippen LogP contribution in [0.3, 0.4) is 0 Å². The topological polar surface area (TPSA) is 72.6 Å². The van der Waals surface area contributed by atoms with E-state index < -0.39 is 0 Å². The van der Waals surface area contributed by atoms with Gasteiger partial charge < -0.3 is 15.4 Å². The van der Waals surface area contributed by atoms with Crippen molar-refractivity contribution in [3.63, 3.8) is 0 Å². The maximum absolute atomic E-state index is 12.1. The molecule has 5 nitrogen and oxygen atoms in total. The van der Waals surface area contributed by atoms with Gasteiger partial charge in [0.05, 0.1) is 7.11 Å². The van der Waals surface area contributed by atoms with Crippen LogP contribution in [0.25, 0.3) is 0 Å². The number of rotatable bonds is 7. The maximum atomic E-state index is 12.1. The van der Waals surface area contributed by atoms with Crippen molar-refractivity contribution in [2.24, 2.45) is 0 Å². The lowest BCUT2D eigenvalue weighted by molar-refractivity contribution is -0.141. The van der Waals surface area contributed by atoms with Crippen LogP contribution in [0, 0.1) is 0 Å². The number of nitrogens with two attached hydrogens (primary N) is 1. The lowest BCUT2D eigenvalue weighted by atomic mass is 9.97. The smallest absolute Gasteiger partial charge is 0.305 e. The minimum absolute atomic E-state index is 0.0733. The summed E-state index contributed by atoms with van der Waals surface area (Å²) in [5, 5.41) is 0. The van der Waals surface area contributed by atoms with E-state index in [0.717, 1.165) is 11.3 Å². The fourth-order valence-corrected chi connectivity index (χ4v) is 2.05. The molecule has 0 bridgehead atoms. The van der Waals surface area contributed by atoms with Gasteiger partial charge in [-0.2, -0.15) is 0 Å². The highest BCUT2D eigenvalue weighted by atomic mass is 16.5. The molecule has 1 aromatic rings. The molecule has 1 atom stereocenters. The van der Waals surface area contributed by atoms with Gasteiger partial charge in [-0.3, -0.25) is 9.59 Å². The molecule has 1 aromatic carbocycles. The predicted molar refractivity (Wildman–Crippen MR) is 82.8 cm³/mol. The zero-order valence-corrected chi connectivity index (χ0v) is 13.0. The van der Waals surface area contributed by atoms with E-state index in [4.69, 9.17) is 5.73 Å². The van der Waals surface area contributed by atoms with Crippen molar-refractivity contribution in [3.05, 3.63) is 29.8 Å². The first-order valence-electron chi connectivity index (χ1n) is 7.10. The van der Waals surface area contributed by atoms with E-state index in [0.29, 0.717) is 25.8 Å². The summed E-state index contributed by atoms with van der Waals surface area (Å²) in [6, 6.07) is 7.59. The molecule has 0 aromatic heterocycles. The molecular weight excluding hydrogens is 268 g/mol. The molecule has 1 rings (SSSR count). The minimum Gasteiger partial charge on any atom is -0.469 e. The van der Waals surface area contributed by atoms with Crippen molar-refractivity contribution < 1.29 is 14.3 Å². The second-order valence-corrected chi connectivity index (χ2v) is 5.27. The summed E-state index contributed by atoms with van der Waals surface area (Å²) in [7, 11) is 3.13.